The van der Waals surface area contributed by atoms with Crippen LogP contribution in [0.4, 0.5) is 5.69 Å². The smallest absolute Gasteiger partial charge is 0.244 e. The second kappa shape index (κ2) is 4.39. The molecule has 1 aliphatic heterocycles. The summed E-state index contributed by atoms with van der Waals surface area (Å²) in [7, 11) is -3.39. The van der Waals surface area contributed by atoms with Gasteiger partial charge in [-0.3, -0.25) is 4.98 Å². The third kappa shape index (κ3) is 2.17. The van der Waals surface area contributed by atoms with Gasteiger partial charge in [0.1, 0.15) is 4.90 Å². The van der Waals surface area contributed by atoms with E-state index in [1.54, 1.807) is 0 Å². The van der Waals surface area contributed by atoms with E-state index in [9.17, 15) is 8.42 Å². The molecule has 0 spiro atoms. The van der Waals surface area contributed by atoms with Gasteiger partial charge in [0.15, 0.2) is 0 Å². The maximum absolute atomic E-state index is 12.2. The van der Waals surface area contributed by atoms with Gasteiger partial charge in [-0.05, 0) is 18.9 Å². The van der Waals surface area contributed by atoms with E-state index in [0.29, 0.717) is 18.8 Å². The third-order valence-electron chi connectivity index (χ3n) is 2.69. The average Bonchev–Trinajstić information content (AvgIpc) is 2.30. The number of nitrogen functional groups attached to an aromatic ring is 1. The first-order chi connectivity index (χ1) is 7.60. The van der Waals surface area contributed by atoms with Crippen molar-refractivity contribution in [2.24, 2.45) is 0 Å². The highest BCUT2D eigenvalue weighted by molar-refractivity contribution is 7.89. The molecule has 0 bridgehead atoms. The fraction of sp³-hybridized carbons (Fsp3) is 0.500. The van der Waals surface area contributed by atoms with E-state index in [0.717, 1.165) is 19.3 Å². The molecule has 0 aromatic carbocycles. The molecule has 0 aliphatic carbocycles. The Hall–Kier alpha value is -1.14. The molecule has 0 radical (unpaired) electrons. The molecule has 0 atom stereocenters. The Balaban J connectivity index is 2.30. The molecular formula is C10H15N3O2S. The van der Waals surface area contributed by atoms with Crippen LogP contribution in [0.3, 0.4) is 0 Å². The molecule has 5 nitrogen and oxygen atoms in total. The van der Waals surface area contributed by atoms with Crippen molar-refractivity contribution in [3.05, 3.63) is 18.5 Å². The average molecular weight is 241 g/mol. The first-order valence-electron chi connectivity index (χ1n) is 5.31. The number of nitrogens with two attached hydrogens (primary N) is 1. The Morgan fingerprint density at radius 1 is 1.19 bits per heavy atom. The fourth-order valence-corrected chi connectivity index (χ4v) is 3.35. The predicted octanol–water partition coefficient (Wildman–Crippen LogP) is 0.838. The van der Waals surface area contributed by atoms with Crippen LogP contribution in [0, 0.1) is 0 Å². The van der Waals surface area contributed by atoms with Gasteiger partial charge in [-0.2, -0.15) is 4.31 Å². The van der Waals surface area contributed by atoms with Crippen molar-refractivity contribution in [1.29, 1.82) is 0 Å². The van der Waals surface area contributed by atoms with E-state index in [4.69, 9.17) is 5.73 Å². The Labute approximate surface area is 95.3 Å². The summed E-state index contributed by atoms with van der Waals surface area (Å²) < 4.78 is 25.8. The first-order valence-corrected chi connectivity index (χ1v) is 6.75. The number of hydrogen-bond donors (Lipinski definition) is 1. The van der Waals surface area contributed by atoms with Gasteiger partial charge < -0.3 is 5.73 Å². The highest BCUT2D eigenvalue weighted by Crippen LogP contribution is 2.20. The van der Waals surface area contributed by atoms with Crippen LogP contribution >= 0.6 is 0 Å². The summed E-state index contributed by atoms with van der Waals surface area (Å²) in [6, 6.07) is 1.46. The predicted molar refractivity (Wildman–Crippen MR) is 61.3 cm³/mol. The summed E-state index contributed by atoms with van der Waals surface area (Å²) >= 11 is 0. The van der Waals surface area contributed by atoms with E-state index >= 15 is 0 Å². The number of aromatic nitrogens is 1. The van der Waals surface area contributed by atoms with Crippen molar-refractivity contribution in [2.75, 3.05) is 18.8 Å². The number of hydrogen-bond acceptors (Lipinski definition) is 4. The Bertz CT molecular complexity index is 467. The van der Waals surface area contributed by atoms with Gasteiger partial charge in [0.05, 0.1) is 5.69 Å². The zero-order valence-electron chi connectivity index (χ0n) is 8.96. The molecule has 1 aromatic rings. The third-order valence-corrected chi connectivity index (χ3v) is 4.55. The molecule has 1 saturated heterocycles. The maximum atomic E-state index is 12.2. The van der Waals surface area contributed by atoms with Gasteiger partial charge in [0.2, 0.25) is 10.0 Å². The van der Waals surface area contributed by atoms with Crippen LogP contribution in [0.2, 0.25) is 0 Å². The Kier molecular flexibility index (Phi) is 3.11. The van der Waals surface area contributed by atoms with Gasteiger partial charge in [-0.15, -0.1) is 0 Å². The van der Waals surface area contributed by atoms with Crippen molar-refractivity contribution in [2.45, 2.75) is 24.2 Å². The first kappa shape index (κ1) is 11.3. The van der Waals surface area contributed by atoms with Crippen molar-refractivity contribution in [3.63, 3.8) is 0 Å². The van der Waals surface area contributed by atoms with Crippen LogP contribution < -0.4 is 5.73 Å². The van der Waals surface area contributed by atoms with Crippen LogP contribution in [-0.4, -0.2) is 30.8 Å². The van der Waals surface area contributed by atoms with E-state index in [-0.39, 0.29) is 4.90 Å². The number of sulfonamides is 1. The largest absolute Gasteiger partial charge is 0.397 e. The number of piperidine rings is 1. The highest BCUT2D eigenvalue weighted by Gasteiger charge is 2.26. The van der Waals surface area contributed by atoms with Crippen LogP contribution in [0.5, 0.6) is 0 Å². The molecule has 16 heavy (non-hydrogen) atoms. The zero-order valence-corrected chi connectivity index (χ0v) is 9.78. The van der Waals surface area contributed by atoms with E-state index < -0.39 is 10.0 Å². The lowest BCUT2D eigenvalue weighted by molar-refractivity contribution is 0.346. The normalized spacial score (nSPS) is 18.5. The summed E-state index contributed by atoms with van der Waals surface area (Å²) in [5.41, 5.74) is 5.91. The lowest BCUT2D eigenvalue weighted by Crippen LogP contribution is -2.35. The molecule has 6 heteroatoms. The minimum Gasteiger partial charge on any atom is -0.397 e. The van der Waals surface area contributed by atoms with E-state index in [1.165, 1.54) is 22.8 Å². The maximum Gasteiger partial charge on any atom is 0.244 e. The molecule has 0 saturated carbocycles. The van der Waals surface area contributed by atoms with Crippen molar-refractivity contribution in [1.82, 2.24) is 9.29 Å². The van der Waals surface area contributed by atoms with Crippen molar-refractivity contribution in [3.8, 4) is 0 Å². The summed E-state index contributed by atoms with van der Waals surface area (Å²) in [5, 5.41) is 0. The second-order valence-corrected chi connectivity index (χ2v) is 5.86. The zero-order chi connectivity index (χ0) is 11.6. The molecule has 2 N–H and O–H groups in total. The number of anilines is 1. The summed E-state index contributed by atoms with van der Waals surface area (Å²) in [4.78, 5) is 4.00. The SMILES string of the molecule is Nc1cncc(S(=O)(=O)N2CCCCC2)c1. The molecule has 1 aromatic heterocycles. The minimum atomic E-state index is -3.39. The van der Waals surface area contributed by atoms with Crippen LogP contribution in [0.1, 0.15) is 19.3 Å². The standard InChI is InChI=1S/C10H15N3O2S/c11-9-6-10(8-12-7-9)16(14,15)13-4-2-1-3-5-13/h6-8H,1-5,11H2. The lowest BCUT2D eigenvalue weighted by Gasteiger charge is -2.25. The molecule has 0 unspecified atom stereocenters. The van der Waals surface area contributed by atoms with Crippen molar-refractivity contribution < 1.29 is 8.42 Å². The molecule has 88 valence electrons. The van der Waals surface area contributed by atoms with Crippen molar-refractivity contribution >= 4 is 15.7 Å². The lowest BCUT2D eigenvalue weighted by atomic mass is 10.2. The topological polar surface area (TPSA) is 76.3 Å². The van der Waals surface area contributed by atoms with Gasteiger partial charge in [0, 0.05) is 25.5 Å². The van der Waals surface area contributed by atoms with Crippen LogP contribution in [0.25, 0.3) is 0 Å². The number of rotatable bonds is 2. The fourth-order valence-electron chi connectivity index (χ4n) is 1.83. The molecule has 1 aliphatic rings. The molecular weight excluding hydrogens is 226 g/mol. The molecule has 2 heterocycles. The van der Waals surface area contributed by atoms with Gasteiger partial charge in [-0.1, -0.05) is 6.42 Å². The Morgan fingerprint density at radius 3 is 2.50 bits per heavy atom. The van der Waals surface area contributed by atoms with E-state index in [2.05, 4.69) is 4.98 Å². The van der Waals surface area contributed by atoms with Crippen LogP contribution in [-0.2, 0) is 10.0 Å². The van der Waals surface area contributed by atoms with E-state index in [1.807, 2.05) is 0 Å². The summed E-state index contributed by atoms with van der Waals surface area (Å²) in [6.45, 7) is 1.19. The van der Waals surface area contributed by atoms with Crippen LogP contribution in [0.15, 0.2) is 23.4 Å². The molecule has 0 amide bonds. The minimum absolute atomic E-state index is 0.189. The quantitative estimate of drug-likeness (QED) is 0.832. The molecule has 2 rings (SSSR count). The number of nitrogens with zero attached hydrogens (tertiary/aromatic N) is 2. The van der Waals surface area contributed by atoms with Gasteiger partial charge >= 0.3 is 0 Å². The highest BCUT2D eigenvalue weighted by atomic mass is 32.2. The summed E-state index contributed by atoms with van der Waals surface area (Å²) in [6.07, 6.45) is 5.74. The Morgan fingerprint density at radius 2 is 1.88 bits per heavy atom. The second-order valence-electron chi connectivity index (χ2n) is 3.92. The monoisotopic (exact) mass is 241 g/mol. The number of pyridine rings is 1. The summed E-state index contributed by atoms with van der Waals surface area (Å²) in [5.74, 6) is 0. The van der Waals surface area contributed by atoms with Gasteiger partial charge in [-0.25, -0.2) is 8.42 Å². The molecule has 1 fully saturated rings. The van der Waals surface area contributed by atoms with Gasteiger partial charge in [0.25, 0.3) is 0 Å².